The van der Waals surface area contributed by atoms with Crippen LogP contribution >= 0.6 is 23.2 Å². The minimum absolute atomic E-state index is 0.284. The molecule has 3 nitrogen and oxygen atoms in total. The first-order valence-corrected chi connectivity index (χ1v) is 8.04. The molecule has 0 aromatic heterocycles. The highest BCUT2D eigenvalue weighted by Crippen LogP contribution is 2.29. The number of nitrogens with zero attached hydrogens (tertiary/aromatic N) is 1. The molecular formula is C17H17Cl2NO2. The van der Waals surface area contributed by atoms with Gasteiger partial charge in [0.25, 0.3) is 0 Å². The second-order valence-electron chi connectivity index (χ2n) is 4.77. The average Bonchev–Trinajstić information content (AvgIpc) is 2.55. The van der Waals surface area contributed by atoms with Crippen molar-refractivity contribution in [3.63, 3.8) is 0 Å². The van der Waals surface area contributed by atoms with Crippen LogP contribution < -0.4 is 4.90 Å². The Hall–Kier alpha value is -1.71. The largest absolute Gasteiger partial charge is 0.478 e. The van der Waals surface area contributed by atoms with Gasteiger partial charge in [0.15, 0.2) is 0 Å². The van der Waals surface area contributed by atoms with Crippen molar-refractivity contribution in [1.82, 2.24) is 0 Å². The lowest BCUT2D eigenvalue weighted by Crippen LogP contribution is -2.27. The fourth-order valence-electron chi connectivity index (χ4n) is 2.35. The summed E-state index contributed by atoms with van der Waals surface area (Å²) in [6.45, 7) is 1.32. The molecule has 0 aliphatic carbocycles. The van der Waals surface area contributed by atoms with Gasteiger partial charge in [0.2, 0.25) is 0 Å². The Morgan fingerprint density at radius 3 is 2.18 bits per heavy atom. The zero-order chi connectivity index (χ0) is 15.9. The van der Waals surface area contributed by atoms with E-state index in [4.69, 9.17) is 23.2 Å². The molecule has 0 saturated carbocycles. The van der Waals surface area contributed by atoms with Crippen molar-refractivity contribution in [2.75, 3.05) is 29.7 Å². The summed E-state index contributed by atoms with van der Waals surface area (Å²) in [6, 6.07) is 14.8. The molecule has 0 bridgehead atoms. The number of aromatic carboxylic acids is 1. The van der Waals surface area contributed by atoms with E-state index >= 15 is 0 Å². The number of carbonyl (C=O) groups is 1. The molecule has 1 N–H and O–H groups in total. The van der Waals surface area contributed by atoms with E-state index in [-0.39, 0.29) is 5.56 Å². The molecule has 0 spiro atoms. The van der Waals surface area contributed by atoms with Crippen molar-refractivity contribution in [1.29, 1.82) is 0 Å². The third kappa shape index (κ3) is 3.93. The summed E-state index contributed by atoms with van der Waals surface area (Å²) in [5.41, 5.74) is 2.77. The van der Waals surface area contributed by atoms with Gasteiger partial charge in [-0.2, -0.15) is 0 Å². The van der Waals surface area contributed by atoms with Crippen molar-refractivity contribution < 1.29 is 9.90 Å². The minimum Gasteiger partial charge on any atom is -0.478 e. The molecule has 0 fully saturated rings. The van der Waals surface area contributed by atoms with Gasteiger partial charge >= 0.3 is 5.97 Å². The van der Waals surface area contributed by atoms with Gasteiger partial charge in [0.1, 0.15) is 0 Å². The highest BCUT2D eigenvalue weighted by molar-refractivity contribution is 6.18. The summed E-state index contributed by atoms with van der Waals surface area (Å²) in [6.07, 6.45) is 0. The monoisotopic (exact) mass is 337 g/mol. The van der Waals surface area contributed by atoms with Crippen LogP contribution in [0.5, 0.6) is 0 Å². The maximum atomic E-state index is 11.5. The van der Waals surface area contributed by atoms with Gasteiger partial charge in [-0.05, 0) is 29.3 Å². The van der Waals surface area contributed by atoms with Crippen LogP contribution in [0.4, 0.5) is 5.69 Å². The molecule has 2 aromatic carbocycles. The predicted molar refractivity (Wildman–Crippen MR) is 92.5 cm³/mol. The van der Waals surface area contributed by atoms with E-state index in [2.05, 4.69) is 4.90 Å². The second-order valence-corrected chi connectivity index (χ2v) is 5.52. The third-order valence-electron chi connectivity index (χ3n) is 3.39. The Bertz CT molecular complexity index is 626. The third-order valence-corrected chi connectivity index (χ3v) is 3.73. The molecule has 0 amide bonds. The maximum Gasteiger partial charge on any atom is 0.336 e. The standard InChI is InChI=1S/C17H17Cl2NO2/c18-8-10-20(11-9-19)14-6-7-15(17(21)22)16(12-14)13-4-2-1-3-5-13/h1-7,12H,8-11H2,(H,21,22). The number of benzene rings is 2. The number of anilines is 1. The van der Waals surface area contributed by atoms with E-state index < -0.39 is 5.97 Å². The Morgan fingerprint density at radius 2 is 1.64 bits per heavy atom. The predicted octanol–water partition coefficient (Wildman–Crippen LogP) is 4.34. The van der Waals surface area contributed by atoms with E-state index in [0.717, 1.165) is 11.3 Å². The fourth-order valence-corrected chi connectivity index (χ4v) is 2.75. The van der Waals surface area contributed by atoms with Crippen LogP contribution in [0.2, 0.25) is 0 Å². The SMILES string of the molecule is O=C(O)c1ccc(N(CCCl)CCCl)cc1-c1ccccc1. The quantitative estimate of drug-likeness (QED) is 0.764. The lowest BCUT2D eigenvalue weighted by atomic mass is 9.98. The van der Waals surface area contributed by atoms with Crippen LogP contribution in [-0.2, 0) is 0 Å². The first-order valence-electron chi connectivity index (χ1n) is 6.97. The molecule has 22 heavy (non-hydrogen) atoms. The zero-order valence-corrected chi connectivity index (χ0v) is 13.5. The Morgan fingerprint density at radius 1 is 1.00 bits per heavy atom. The van der Waals surface area contributed by atoms with Gasteiger partial charge in [-0.25, -0.2) is 4.79 Å². The van der Waals surface area contributed by atoms with E-state index in [0.29, 0.717) is 30.4 Å². The number of carboxylic acid groups (broad SMARTS) is 1. The number of hydrogen-bond acceptors (Lipinski definition) is 2. The molecule has 5 heteroatoms. The van der Waals surface area contributed by atoms with Crippen LogP contribution in [0.3, 0.4) is 0 Å². The van der Waals surface area contributed by atoms with Gasteiger partial charge in [-0.3, -0.25) is 0 Å². The molecule has 0 heterocycles. The van der Waals surface area contributed by atoms with Crippen LogP contribution in [-0.4, -0.2) is 35.9 Å². The summed E-state index contributed by atoms with van der Waals surface area (Å²) in [4.78, 5) is 13.5. The fraction of sp³-hybridized carbons (Fsp3) is 0.235. The molecule has 0 unspecified atom stereocenters. The van der Waals surface area contributed by atoms with Crippen LogP contribution in [0.1, 0.15) is 10.4 Å². The van der Waals surface area contributed by atoms with E-state index in [1.165, 1.54) is 0 Å². The first-order chi connectivity index (χ1) is 10.7. The van der Waals surface area contributed by atoms with Crippen molar-refractivity contribution in [3.05, 3.63) is 54.1 Å². The van der Waals surface area contributed by atoms with Gasteiger partial charge in [0.05, 0.1) is 5.56 Å². The molecule has 0 radical (unpaired) electrons. The molecule has 0 aliphatic rings. The van der Waals surface area contributed by atoms with E-state index in [1.54, 1.807) is 12.1 Å². The maximum absolute atomic E-state index is 11.5. The normalized spacial score (nSPS) is 10.5. The molecule has 2 rings (SSSR count). The minimum atomic E-state index is -0.938. The molecule has 0 saturated heterocycles. The number of halogens is 2. The number of hydrogen-bond donors (Lipinski definition) is 1. The van der Waals surface area contributed by atoms with Crippen molar-refractivity contribution in [2.45, 2.75) is 0 Å². The second kappa shape index (κ2) is 8.06. The topological polar surface area (TPSA) is 40.5 Å². The molecular weight excluding hydrogens is 321 g/mol. The highest BCUT2D eigenvalue weighted by atomic mass is 35.5. The van der Waals surface area contributed by atoms with Crippen LogP contribution in [0, 0.1) is 0 Å². The van der Waals surface area contributed by atoms with E-state index in [1.807, 2.05) is 36.4 Å². The number of carboxylic acids is 1. The lowest BCUT2D eigenvalue weighted by molar-refractivity contribution is 0.0698. The van der Waals surface area contributed by atoms with Crippen LogP contribution in [0.15, 0.2) is 48.5 Å². The highest BCUT2D eigenvalue weighted by Gasteiger charge is 2.14. The van der Waals surface area contributed by atoms with Crippen molar-refractivity contribution in [2.24, 2.45) is 0 Å². The summed E-state index contributed by atoms with van der Waals surface area (Å²) in [7, 11) is 0. The Labute approximate surface area is 140 Å². The van der Waals surface area contributed by atoms with Crippen LogP contribution in [0.25, 0.3) is 11.1 Å². The molecule has 0 atom stereocenters. The summed E-state index contributed by atoms with van der Waals surface area (Å²) < 4.78 is 0. The molecule has 0 aliphatic heterocycles. The first kappa shape index (κ1) is 16.7. The summed E-state index contributed by atoms with van der Waals surface area (Å²) >= 11 is 11.7. The number of rotatable bonds is 7. The van der Waals surface area contributed by atoms with E-state index in [9.17, 15) is 9.90 Å². The van der Waals surface area contributed by atoms with Gasteiger partial charge in [0, 0.05) is 30.5 Å². The van der Waals surface area contributed by atoms with Gasteiger partial charge < -0.3 is 10.0 Å². The number of alkyl halides is 2. The Kier molecular flexibility index (Phi) is 6.10. The lowest BCUT2D eigenvalue weighted by Gasteiger charge is -2.24. The Balaban J connectivity index is 2.49. The molecule has 2 aromatic rings. The summed E-state index contributed by atoms with van der Waals surface area (Å²) in [5, 5.41) is 9.41. The average molecular weight is 338 g/mol. The van der Waals surface area contributed by atoms with Gasteiger partial charge in [-0.1, -0.05) is 30.3 Å². The zero-order valence-electron chi connectivity index (χ0n) is 12.0. The van der Waals surface area contributed by atoms with Crippen molar-refractivity contribution in [3.8, 4) is 11.1 Å². The smallest absolute Gasteiger partial charge is 0.336 e. The molecule has 116 valence electrons. The van der Waals surface area contributed by atoms with Gasteiger partial charge in [-0.15, -0.1) is 23.2 Å². The summed E-state index contributed by atoms with van der Waals surface area (Å²) in [5.74, 6) is 0.0304. The van der Waals surface area contributed by atoms with Crippen molar-refractivity contribution >= 4 is 34.9 Å².